The Morgan fingerprint density at radius 2 is 2.38 bits per heavy atom. The van der Waals surface area contributed by atoms with Gasteiger partial charge in [0.05, 0.1) is 6.61 Å². The molecule has 0 spiro atoms. The zero-order valence-electron chi connectivity index (χ0n) is 8.98. The fourth-order valence-electron chi connectivity index (χ4n) is 1.19. The van der Waals surface area contributed by atoms with E-state index in [2.05, 4.69) is 0 Å². The van der Waals surface area contributed by atoms with Crippen molar-refractivity contribution in [1.29, 1.82) is 0 Å². The van der Waals surface area contributed by atoms with E-state index >= 15 is 0 Å². The summed E-state index contributed by atoms with van der Waals surface area (Å²) in [6.07, 6.45) is 7.38. The van der Waals surface area contributed by atoms with Crippen LogP contribution in [0.25, 0.3) is 0 Å². The van der Waals surface area contributed by atoms with Crippen LogP contribution in [-0.2, 0) is 14.3 Å². The molecule has 16 heavy (non-hydrogen) atoms. The van der Waals surface area contributed by atoms with Gasteiger partial charge in [0, 0.05) is 26.0 Å². The van der Waals surface area contributed by atoms with Crippen LogP contribution in [-0.4, -0.2) is 29.9 Å². The lowest BCUT2D eigenvalue weighted by Gasteiger charge is -2.23. The Balaban J connectivity index is 2.36. The average molecular weight is 246 g/mol. The molecule has 1 aliphatic carbocycles. The van der Waals surface area contributed by atoms with Crippen molar-refractivity contribution in [3.05, 3.63) is 30.4 Å². The van der Waals surface area contributed by atoms with Gasteiger partial charge in [0.15, 0.2) is 5.06 Å². The van der Waals surface area contributed by atoms with E-state index in [1.165, 1.54) is 7.11 Å². The number of aliphatic carboxylic acids is 1. The predicted octanol–water partition coefficient (Wildman–Crippen LogP) is 2.11. The molecule has 0 aromatic carbocycles. The van der Waals surface area contributed by atoms with Crippen LogP contribution in [0.2, 0.25) is 0 Å². The second-order valence-electron chi connectivity index (χ2n) is 3.32. The number of rotatable bonds is 6. The van der Waals surface area contributed by atoms with Crippen LogP contribution >= 0.6 is 11.6 Å². The highest BCUT2D eigenvalue weighted by Gasteiger charge is 2.26. The number of alkyl halides is 1. The minimum absolute atomic E-state index is 0.0966. The molecular weight excluding hydrogens is 232 g/mol. The summed E-state index contributed by atoms with van der Waals surface area (Å²) in [5.41, 5.74) is 0. The van der Waals surface area contributed by atoms with Gasteiger partial charge in [-0.25, -0.2) is 0 Å². The van der Waals surface area contributed by atoms with Gasteiger partial charge in [-0.15, -0.1) is 0 Å². The summed E-state index contributed by atoms with van der Waals surface area (Å²) in [6.45, 7) is 0.346. The first-order valence-corrected chi connectivity index (χ1v) is 5.27. The molecule has 0 saturated heterocycles. The Bertz CT molecular complexity index is 311. The normalized spacial score (nSPS) is 24.0. The summed E-state index contributed by atoms with van der Waals surface area (Å²) in [4.78, 5) is 10.3. The second-order valence-corrected chi connectivity index (χ2v) is 3.91. The van der Waals surface area contributed by atoms with Crippen LogP contribution < -0.4 is 0 Å². The minimum atomic E-state index is -0.961. The zero-order valence-corrected chi connectivity index (χ0v) is 9.74. The summed E-state index contributed by atoms with van der Waals surface area (Å²) in [6, 6.07) is 0. The Morgan fingerprint density at radius 1 is 1.62 bits per heavy atom. The SMILES string of the molecule is COC1(Cl)[CH]C=CC(OCCCC(=O)O)=C1. The minimum Gasteiger partial charge on any atom is -0.494 e. The highest BCUT2D eigenvalue weighted by atomic mass is 35.5. The summed E-state index contributed by atoms with van der Waals surface area (Å²) in [5.74, 6) is -0.238. The van der Waals surface area contributed by atoms with Crippen molar-refractivity contribution in [2.45, 2.75) is 17.9 Å². The molecular formula is C11H14ClO4. The molecule has 4 nitrogen and oxygen atoms in total. The van der Waals surface area contributed by atoms with Gasteiger partial charge < -0.3 is 14.6 Å². The van der Waals surface area contributed by atoms with E-state index in [0.717, 1.165) is 0 Å². The molecule has 0 amide bonds. The van der Waals surface area contributed by atoms with E-state index in [0.29, 0.717) is 18.8 Å². The van der Waals surface area contributed by atoms with Gasteiger partial charge in [-0.05, 0) is 12.5 Å². The van der Waals surface area contributed by atoms with Gasteiger partial charge in [0.2, 0.25) is 0 Å². The van der Waals surface area contributed by atoms with Gasteiger partial charge in [-0.1, -0.05) is 17.7 Å². The maximum atomic E-state index is 10.3. The highest BCUT2D eigenvalue weighted by molar-refractivity contribution is 6.25. The lowest BCUT2D eigenvalue weighted by Crippen LogP contribution is -2.23. The lowest BCUT2D eigenvalue weighted by molar-refractivity contribution is -0.137. The van der Waals surface area contributed by atoms with Crippen molar-refractivity contribution in [2.75, 3.05) is 13.7 Å². The molecule has 1 radical (unpaired) electrons. The Hall–Kier alpha value is -1.00. The number of carbonyl (C=O) groups is 1. The first kappa shape index (κ1) is 13.1. The van der Waals surface area contributed by atoms with Crippen molar-refractivity contribution < 1.29 is 19.4 Å². The van der Waals surface area contributed by atoms with Gasteiger partial charge in [0.25, 0.3) is 0 Å². The monoisotopic (exact) mass is 245 g/mol. The van der Waals surface area contributed by atoms with Crippen LogP contribution in [0.4, 0.5) is 0 Å². The first-order valence-electron chi connectivity index (χ1n) is 4.90. The summed E-state index contributed by atoms with van der Waals surface area (Å²) in [7, 11) is 1.50. The van der Waals surface area contributed by atoms with E-state index in [1.807, 2.05) is 0 Å². The van der Waals surface area contributed by atoms with Crippen LogP contribution in [0, 0.1) is 6.42 Å². The molecule has 0 saturated carbocycles. The fraction of sp³-hybridized carbons (Fsp3) is 0.455. The van der Waals surface area contributed by atoms with E-state index in [9.17, 15) is 4.79 Å². The number of methoxy groups -OCH3 is 1. The van der Waals surface area contributed by atoms with Gasteiger partial charge in [-0.3, -0.25) is 4.79 Å². The largest absolute Gasteiger partial charge is 0.494 e. The molecule has 1 rings (SSSR count). The Labute approximate surface area is 99.5 Å². The Kier molecular flexibility index (Phi) is 4.83. The first-order chi connectivity index (χ1) is 7.56. The molecule has 0 aromatic heterocycles. The molecule has 89 valence electrons. The molecule has 0 aliphatic heterocycles. The van der Waals surface area contributed by atoms with Crippen LogP contribution in [0.1, 0.15) is 12.8 Å². The maximum Gasteiger partial charge on any atom is 0.303 e. The fourth-order valence-corrected chi connectivity index (χ4v) is 1.37. The van der Waals surface area contributed by atoms with Crippen LogP contribution in [0.15, 0.2) is 24.0 Å². The number of carboxylic acid groups (broad SMARTS) is 1. The standard InChI is InChI=1S/C11H14ClO4/c1-15-11(12)6-2-4-9(8-11)16-7-3-5-10(13)14/h2,4,6,8H,3,5,7H2,1H3,(H,13,14). The number of hydrogen-bond donors (Lipinski definition) is 1. The molecule has 0 aromatic rings. The lowest BCUT2D eigenvalue weighted by atomic mass is 10.1. The quantitative estimate of drug-likeness (QED) is 0.575. The van der Waals surface area contributed by atoms with Gasteiger partial charge in [-0.2, -0.15) is 0 Å². The third-order valence-electron chi connectivity index (χ3n) is 2.04. The van der Waals surface area contributed by atoms with Crippen LogP contribution in [0.3, 0.4) is 0 Å². The van der Waals surface area contributed by atoms with Crippen molar-refractivity contribution in [3.8, 4) is 0 Å². The highest BCUT2D eigenvalue weighted by Crippen LogP contribution is 2.28. The number of carboxylic acids is 1. The van der Waals surface area contributed by atoms with Crippen molar-refractivity contribution in [3.63, 3.8) is 0 Å². The molecule has 0 heterocycles. The number of ether oxygens (including phenoxy) is 2. The third kappa shape index (κ3) is 4.24. The van der Waals surface area contributed by atoms with Gasteiger partial charge in [0.1, 0.15) is 5.76 Å². The number of allylic oxidation sites excluding steroid dienone is 1. The maximum absolute atomic E-state index is 10.3. The van der Waals surface area contributed by atoms with Crippen molar-refractivity contribution in [2.24, 2.45) is 0 Å². The molecule has 1 unspecified atom stereocenters. The third-order valence-corrected chi connectivity index (χ3v) is 2.43. The molecule has 5 heteroatoms. The van der Waals surface area contributed by atoms with Crippen molar-refractivity contribution in [1.82, 2.24) is 0 Å². The number of halogens is 1. The van der Waals surface area contributed by atoms with Crippen LogP contribution in [0.5, 0.6) is 0 Å². The van der Waals surface area contributed by atoms with E-state index in [-0.39, 0.29) is 6.42 Å². The molecule has 0 bridgehead atoms. The zero-order chi connectivity index (χ0) is 12.0. The molecule has 1 atom stereocenters. The van der Waals surface area contributed by atoms with Crippen molar-refractivity contribution >= 4 is 17.6 Å². The summed E-state index contributed by atoms with van der Waals surface area (Å²) < 4.78 is 10.4. The summed E-state index contributed by atoms with van der Waals surface area (Å²) >= 11 is 6.04. The summed E-state index contributed by atoms with van der Waals surface area (Å²) in [5, 5.41) is 7.48. The molecule has 1 N–H and O–H groups in total. The molecule has 0 fully saturated rings. The van der Waals surface area contributed by atoms with E-state index in [4.69, 9.17) is 26.2 Å². The Morgan fingerprint density at radius 3 is 3.00 bits per heavy atom. The van der Waals surface area contributed by atoms with E-state index < -0.39 is 11.0 Å². The predicted molar refractivity (Wildman–Crippen MR) is 59.9 cm³/mol. The smallest absolute Gasteiger partial charge is 0.303 e. The molecule has 1 aliphatic rings. The average Bonchev–Trinajstić information content (AvgIpc) is 2.24. The topological polar surface area (TPSA) is 55.8 Å². The second kappa shape index (κ2) is 5.92. The van der Waals surface area contributed by atoms with Gasteiger partial charge >= 0.3 is 5.97 Å². The van der Waals surface area contributed by atoms with E-state index in [1.54, 1.807) is 24.6 Å². The number of hydrogen-bond acceptors (Lipinski definition) is 3.